The number of rotatable bonds is 9. The molecule has 1 aromatic carbocycles. The van der Waals surface area contributed by atoms with E-state index in [2.05, 4.69) is 38.3 Å². The fraction of sp³-hybridized carbons (Fsp3) is 0.565. The minimum atomic E-state index is -0.951. The number of hydrogen-bond donors (Lipinski definition) is 2. The van der Waals surface area contributed by atoms with Crippen molar-refractivity contribution >= 4 is 29.3 Å². The number of piperidine rings is 1. The maximum Gasteiger partial charge on any atom is 0.262 e. The zero-order chi connectivity index (χ0) is 22.8. The van der Waals surface area contributed by atoms with E-state index in [0.29, 0.717) is 19.1 Å². The van der Waals surface area contributed by atoms with Crippen LogP contribution in [0.3, 0.4) is 0 Å². The van der Waals surface area contributed by atoms with Crippen LogP contribution >= 0.6 is 0 Å². The maximum absolute atomic E-state index is 12.9. The number of ether oxygens (including phenoxy) is 1. The number of nitrogens with zero attached hydrogens (tertiary/aromatic N) is 1. The van der Waals surface area contributed by atoms with Crippen LogP contribution in [0.25, 0.3) is 0 Å². The van der Waals surface area contributed by atoms with Gasteiger partial charge in [-0.15, -0.1) is 0 Å². The Morgan fingerprint density at radius 2 is 1.87 bits per heavy atom. The molecule has 168 valence electrons. The second kappa shape index (κ2) is 9.18. The van der Waals surface area contributed by atoms with Crippen molar-refractivity contribution in [1.82, 2.24) is 10.2 Å². The predicted molar refractivity (Wildman–Crippen MR) is 116 cm³/mol. The van der Waals surface area contributed by atoms with Crippen LogP contribution in [-0.4, -0.2) is 54.3 Å². The summed E-state index contributed by atoms with van der Waals surface area (Å²) in [5.41, 5.74) is 1.30. The highest BCUT2D eigenvalue weighted by molar-refractivity contribution is 6.23. The number of anilines is 1. The van der Waals surface area contributed by atoms with Gasteiger partial charge in [0.25, 0.3) is 11.8 Å². The molecule has 2 aliphatic heterocycles. The number of carbonyl (C=O) groups is 4. The van der Waals surface area contributed by atoms with Crippen LogP contribution in [0.15, 0.2) is 18.2 Å². The van der Waals surface area contributed by atoms with E-state index in [1.54, 1.807) is 18.2 Å². The van der Waals surface area contributed by atoms with Crippen molar-refractivity contribution in [1.29, 1.82) is 0 Å². The molecule has 1 aromatic rings. The summed E-state index contributed by atoms with van der Waals surface area (Å²) >= 11 is 0. The molecule has 0 aliphatic carbocycles. The van der Waals surface area contributed by atoms with Crippen LogP contribution < -0.4 is 10.6 Å². The van der Waals surface area contributed by atoms with Crippen LogP contribution in [0.1, 0.15) is 67.7 Å². The molecule has 0 saturated carbocycles. The third kappa shape index (κ3) is 5.31. The Bertz CT molecular complexity index is 893. The molecule has 0 spiro atoms. The lowest BCUT2D eigenvalue weighted by atomic mass is 9.90. The third-order valence-electron chi connectivity index (χ3n) is 5.51. The van der Waals surface area contributed by atoms with E-state index in [1.165, 1.54) is 0 Å². The van der Waals surface area contributed by atoms with Crippen LogP contribution in [0, 0.1) is 11.3 Å². The average molecular weight is 430 g/mol. The van der Waals surface area contributed by atoms with E-state index in [0.717, 1.165) is 23.6 Å². The van der Waals surface area contributed by atoms with Gasteiger partial charge >= 0.3 is 0 Å². The Kier molecular flexibility index (Phi) is 6.79. The molecule has 31 heavy (non-hydrogen) atoms. The van der Waals surface area contributed by atoms with Gasteiger partial charge in [0.1, 0.15) is 6.04 Å². The third-order valence-corrected chi connectivity index (χ3v) is 5.51. The van der Waals surface area contributed by atoms with Crippen molar-refractivity contribution in [2.75, 3.05) is 25.1 Å². The van der Waals surface area contributed by atoms with Crippen molar-refractivity contribution in [3.8, 4) is 0 Å². The number of benzene rings is 1. The molecule has 4 amide bonds. The van der Waals surface area contributed by atoms with Gasteiger partial charge in [-0.1, -0.05) is 27.7 Å². The fourth-order valence-electron chi connectivity index (χ4n) is 3.77. The summed E-state index contributed by atoms with van der Waals surface area (Å²) in [4.78, 5) is 50.1. The van der Waals surface area contributed by atoms with Crippen LogP contribution in [0.2, 0.25) is 0 Å². The average Bonchev–Trinajstić information content (AvgIpc) is 2.92. The first-order chi connectivity index (χ1) is 14.6. The van der Waals surface area contributed by atoms with E-state index in [1.807, 2.05) is 0 Å². The molecule has 0 bridgehead atoms. The molecular weight excluding hydrogens is 398 g/mol. The van der Waals surface area contributed by atoms with E-state index >= 15 is 0 Å². The van der Waals surface area contributed by atoms with Crippen molar-refractivity contribution in [2.45, 2.75) is 53.0 Å². The molecule has 1 fully saturated rings. The topological polar surface area (TPSA) is 105 Å². The number of fused-ring (bicyclic) bond motifs is 1. The molecule has 0 radical (unpaired) electrons. The SMILES string of the molecule is CC(C)COCC(C)(C)CCNc1ccc2c(c1)C(=O)N(C1CCC(=O)NC1=O)C2=O. The molecule has 1 saturated heterocycles. The van der Waals surface area contributed by atoms with E-state index in [9.17, 15) is 19.2 Å². The highest BCUT2D eigenvalue weighted by Gasteiger charge is 2.44. The number of nitrogens with one attached hydrogen (secondary N) is 2. The van der Waals surface area contributed by atoms with Crippen molar-refractivity contribution in [3.63, 3.8) is 0 Å². The molecule has 3 rings (SSSR count). The first kappa shape index (κ1) is 22.9. The summed E-state index contributed by atoms with van der Waals surface area (Å²) in [6.45, 7) is 10.6. The Hall–Kier alpha value is -2.74. The number of hydrogen-bond acceptors (Lipinski definition) is 6. The largest absolute Gasteiger partial charge is 0.385 e. The number of imide groups is 2. The second-order valence-electron chi connectivity index (χ2n) is 9.46. The summed E-state index contributed by atoms with van der Waals surface area (Å²) in [6, 6.07) is 4.08. The molecule has 8 nitrogen and oxygen atoms in total. The van der Waals surface area contributed by atoms with Gasteiger partial charge in [0.15, 0.2) is 0 Å². The van der Waals surface area contributed by atoms with Gasteiger partial charge in [0, 0.05) is 25.3 Å². The summed E-state index contributed by atoms with van der Waals surface area (Å²) in [5, 5.41) is 5.51. The number of amides is 4. The van der Waals surface area contributed by atoms with Gasteiger partial charge in [0.2, 0.25) is 11.8 Å². The number of carbonyl (C=O) groups excluding carboxylic acids is 4. The minimum absolute atomic E-state index is 0.00693. The Balaban J connectivity index is 1.61. The quantitative estimate of drug-likeness (QED) is 0.585. The first-order valence-electron chi connectivity index (χ1n) is 10.8. The lowest BCUT2D eigenvalue weighted by molar-refractivity contribution is -0.136. The normalized spacial score (nSPS) is 19.1. The summed E-state index contributed by atoms with van der Waals surface area (Å²) < 4.78 is 5.76. The van der Waals surface area contributed by atoms with Crippen molar-refractivity contribution in [3.05, 3.63) is 29.3 Å². The molecule has 1 atom stereocenters. The highest BCUT2D eigenvalue weighted by Crippen LogP contribution is 2.30. The van der Waals surface area contributed by atoms with Crippen LogP contribution in [0.4, 0.5) is 5.69 Å². The summed E-state index contributed by atoms with van der Waals surface area (Å²) in [5.74, 6) is -1.49. The monoisotopic (exact) mass is 429 g/mol. The Morgan fingerprint density at radius 1 is 1.16 bits per heavy atom. The Labute approximate surface area is 182 Å². The minimum Gasteiger partial charge on any atom is -0.385 e. The molecule has 0 aromatic heterocycles. The van der Waals surface area contributed by atoms with Crippen molar-refractivity contribution < 1.29 is 23.9 Å². The first-order valence-corrected chi connectivity index (χ1v) is 10.8. The van der Waals surface area contributed by atoms with Crippen molar-refractivity contribution in [2.24, 2.45) is 11.3 Å². The fourth-order valence-corrected chi connectivity index (χ4v) is 3.77. The predicted octanol–water partition coefficient (Wildman–Crippen LogP) is 2.59. The zero-order valence-corrected chi connectivity index (χ0v) is 18.6. The zero-order valence-electron chi connectivity index (χ0n) is 18.6. The summed E-state index contributed by atoms with van der Waals surface area (Å²) in [7, 11) is 0. The molecule has 1 unspecified atom stereocenters. The van der Waals surface area contributed by atoms with Crippen LogP contribution in [0.5, 0.6) is 0 Å². The Morgan fingerprint density at radius 3 is 2.55 bits per heavy atom. The lowest BCUT2D eigenvalue weighted by Crippen LogP contribution is -2.54. The van der Waals surface area contributed by atoms with E-state index < -0.39 is 23.8 Å². The smallest absolute Gasteiger partial charge is 0.262 e. The second-order valence-corrected chi connectivity index (χ2v) is 9.46. The van der Waals surface area contributed by atoms with E-state index in [4.69, 9.17) is 4.74 Å². The molecular formula is C23H31N3O5. The van der Waals surface area contributed by atoms with Gasteiger partial charge in [-0.05, 0) is 42.4 Å². The summed E-state index contributed by atoms with van der Waals surface area (Å²) in [6.07, 6.45) is 1.12. The van der Waals surface area contributed by atoms with Gasteiger partial charge < -0.3 is 10.1 Å². The van der Waals surface area contributed by atoms with Gasteiger partial charge in [-0.25, -0.2) is 0 Å². The van der Waals surface area contributed by atoms with Gasteiger partial charge in [0.05, 0.1) is 17.7 Å². The molecule has 2 N–H and O–H groups in total. The van der Waals surface area contributed by atoms with Crippen LogP contribution in [-0.2, 0) is 14.3 Å². The molecule has 2 aliphatic rings. The standard InChI is InChI=1S/C23H31N3O5/c1-14(2)12-31-13-23(3,4)9-10-24-15-5-6-16-17(11-15)22(30)26(21(16)29)18-7-8-19(27)25-20(18)28/h5-6,11,14,18,24H,7-10,12-13H2,1-4H3,(H,25,27,28). The van der Waals surface area contributed by atoms with Gasteiger partial charge in [-0.3, -0.25) is 29.4 Å². The molecule has 2 heterocycles. The lowest BCUT2D eigenvalue weighted by Gasteiger charge is -2.27. The van der Waals surface area contributed by atoms with E-state index in [-0.39, 0.29) is 35.3 Å². The maximum atomic E-state index is 12.9. The highest BCUT2D eigenvalue weighted by atomic mass is 16.5. The molecule has 8 heteroatoms. The van der Waals surface area contributed by atoms with Gasteiger partial charge in [-0.2, -0.15) is 0 Å².